The van der Waals surface area contributed by atoms with Crippen molar-refractivity contribution in [2.75, 3.05) is 13.6 Å². The summed E-state index contributed by atoms with van der Waals surface area (Å²) in [6, 6.07) is 4.76. The summed E-state index contributed by atoms with van der Waals surface area (Å²) < 4.78 is 1.83. The Kier molecular flexibility index (Phi) is 3.14. The second kappa shape index (κ2) is 4.83. The van der Waals surface area contributed by atoms with E-state index in [1.165, 1.54) is 6.07 Å². The summed E-state index contributed by atoms with van der Waals surface area (Å²) in [6.07, 6.45) is 4.16. The van der Waals surface area contributed by atoms with Gasteiger partial charge < -0.3 is 14.6 Å². The van der Waals surface area contributed by atoms with Crippen LogP contribution in [0.5, 0.6) is 5.75 Å². The third-order valence-electron chi connectivity index (χ3n) is 3.62. The SMILES string of the molecule is CN1CCC(n2ccnc2-c2cccc(O)c2Cl)C1=O. The van der Waals surface area contributed by atoms with Gasteiger partial charge >= 0.3 is 0 Å². The van der Waals surface area contributed by atoms with E-state index in [1.807, 2.05) is 4.57 Å². The van der Waals surface area contributed by atoms with Gasteiger partial charge in [-0.25, -0.2) is 4.98 Å². The van der Waals surface area contributed by atoms with Crippen molar-refractivity contribution in [1.82, 2.24) is 14.5 Å². The normalized spacial score (nSPS) is 18.8. The van der Waals surface area contributed by atoms with Crippen molar-refractivity contribution >= 4 is 17.5 Å². The van der Waals surface area contributed by atoms with Crippen molar-refractivity contribution < 1.29 is 9.90 Å². The summed E-state index contributed by atoms with van der Waals surface area (Å²) in [5.74, 6) is 0.675. The standard InChI is InChI=1S/C14H14ClN3O2/c1-17-7-5-10(14(17)20)18-8-6-16-13(18)9-3-2-4-11(19)12(9)15/h2-4,6,8,10,19H,5,7H2,1H3. The van der Waals surface area contributed by atoms with Gasteiger partial charge in [-0.2, -0.15) is 0 Å². The maximum atomic E-state index is 12.1. The largest absolute Gasteiger partial charge is 0.506 e. The molecule has 1 N–H and O–H groups in total. The van der Waals surface area contributed by atoms with Gasteiger partial charge in [-0.05, 0) is 18.6 Å². The van der Waals surface area contributed by atoms with Gasteiger partial charge in [0.05, 0.1) is 5.02 Å². The van der Waals surface area contributed by atoms with Crippen LogP contribution in [0.1, 0.15) is 12.5 Å². The minimum atomic E-state index is -0.254. The molecule has 0 bridgehead atoms. The number of rotatable bonds is 2. The molecule has 1 aromatic carbocycles. The van der Waals surface area contributed by atoms with E-state index in [0.29, 0.717) is 11.4 Å². The van der Waals surface area contributed by atoms with Crippen molar-refractivity contribution in [2.45, 2.75) is 12.5 Å². The van der Waals surface area contributed by atoms with E-state index in [9.17, 15) is 9.90 Å². The van der Waals surface area contributed by atoms with E-state index in [-0.39, 0.29) is 22.7 Å². The zero-order valence-corrected chi connectivity index (χ0v) is 11.7. The lowest BCUT2D eigenvalue weighted by Gasteiger charge is -2.15. The van der Waals surface area contributed by atoms with Gasteiger partial charge in [0.2, 0.25) is 5.91 Å². The predicted molar refractivity (Wildman–Crippen MR) is 75.6 cm³/mol. The highest BCUT2D eigenvalue weighted by molar-refractivity contribution is 6.34. The van der Waals surface area contributed by atoms with E-state index >= 15 is 0 Å². The topological polar surface area (TPSA) is 58.4 Å². The number of imidazole rings is 1. The zero-order valence-electron chi connectivity index (χ0n) is 11.0. The van der Waals surface area contributed by atoms with Gasteiger partial charge in [0.15, 0.2) is 0 Å². The molecule has 104 valence electrons. The molecule has 1 aliphatic rings. The molecule has 6 heteroatoms. The Morgan fingerprint density at radius 2 is 2.25 bits per heavy atom. The summed E-state index contributed by atoms with van der Waals surface area (Å²) in [4.78, 5) is 18.1. The molecule has 0 aliphatic carbocycles. The highest BCUT2D eigenvalue weighted by Crippen LogP contribution is 2.35. The molecule has 1 aliphatic heterocycles. The first-order chi connectivity index (χ1) is 9.59. The third-order valence-corrected chi connectivity index (χ3v) is 4.02. The molecule has 0 radical (unpaired) electrons. The number of carbonyl (C=O) groups is 1. The van der Waals surface area contributed by atoms with E-state index in [1.54, 1.807) is 36.5 Å². The molecule has 3 rings (SSSR count). The predicted octanol–water partition coefficient (Wildman–Crippen LogP) is 2.31. The molecule has 5 nitrogen and oxygen atoms in total. The summed E-state index contributed by atoms with van der Waals surface area (Å²) in [5.41, 5.74) is 0.624. The zero-order chi connectivity index (χ0) is 14.3. The van der Waals surface area contributed by atoms with Gasteiger partial charge in [-0.1, -0.05) is 17.7 Å². The van der Waals surface area contributed by atoms with Gasteiger partial charge in [0.1, 0.15) is 17.6 Å². The molecule has 20 heavy (non-hydrogen) atoms. The van der Waals surface area contributed by atoms with Crippen molar-refractivity contribution in [3.8, 4) is 17.1 Å². The molecular formula is C14H14ClN3O2. The van der Waals surface area contributed by atoms with Crippen molar-refractivity contribution in [3.05, 3.63) is 35.6 Å². The van der Waals surface area contributed by atoms with E-state index in [4.69, 9.17) is 11.6 Å². The number of phenols is 1. The van der Waals surface area contributed by atoms with E-state index in [2.05, 4.69) is 4.98 Å². The van der Waals surface area contributed by atoms with Gasteiger partial charge in [-0.15, -0.1) is 0 Å². The summed E-state index contributed by atoms with van der Waals surface area (Å²) in [5, 5.41) is 9.95. The van der Waals surface area contributed by atoms with Crippen LogP contribution in [0.4, 0.5) is 0 Å². The van der Waals surface area contributed by atoms with E-state index < -0.39 is 0 Å². The van der Waals surface area contributed by atoms with E-state index in [0.717, 1.165) is 13.0 Å². The van der Waals surface area contributed by atoms with Gasteiger partial charge in [-0.3, -0.25) is 4.79 Å². The van der Waals surface area contributed by atoms with Crippen LogP contribution in [-0.4, -0.2) is 39.1 Å². The molecule has 0 saturated carbocycles. The van der Waals surface area contributed by atoms with Crippen LogP contribution in [0, 0.1) is 0 Å². The summed E-state index contributed by atoms with van der Waals surface area (Å²) >= 11 is 6.13. The number of nitrogens with zero attached hydrogens (tertiary/aromatic N) is 3. The number of halogens is 1. The number of amides is 1. The molecule has 1 unspecified atom stereocenters. The number of likely N-dealkylation sites (tertiary alicyclic amines) is 1. The maximum absolute atomic E-state index is 12.1. The summed E-state index contributed by atoms with van der Waals surface area (Å²) in [6.45, 7) is 0.731. The Labute approximate surface area is 121 Å². The van der Waals surface area contributed by atoms with Gasteiger partial charge in [0.25, 0.3) is 0 Å². The maximum Gasteiger partial charge on any atom is 0.245 e. The van der Waals surface area contributed by atoms with Crippen molar-refractivity contribution in [1.29, 1.82) is 0 Å². The molecule has 2 heterocycles. The van der Waals surface area contributed by atoms with Crippen LogP contribution in [0.25, 0.3) is 11.4 Å². The van der Waals surface area contributed by atoms with Crippen LogP contribution >= 0.6 is 11.6 Å². The molecular weight excluding hydrogens is 278 g/mol. The van der Waals surface area contributed by atoms with Crippen LogP contribution in [0.3, 0.4) is 0 Å². The number of phenolic OH excluding ortho intramolecular Hbond substituents is 1. The van der Waals surface area contributed by atoms with Crippen molar-refractivity contribution in [2.24, 2.45) is 0 Å². The third kappa shape index (κ3) is 1.94. The second-order valence-corrected chi connectivity index (χ2v) is 5.24. The monoisotopic (exact) mass is 291 g/mol. The van der Waals surface area contributed by atoms with Gasteiger partial charge in [0, 0.05) is 31.5 Å². The molecule has 1 aromatic heterocycles. The molecule has 1 fully saturated rings. The minimum Gasteiger partial charge on any atom is -0.506 e. The Morgan fingerprint density at radius 1 is 1.45 bits per heavy atom. The fourth-order valence-electron chi connectivity index (χ4n) is 2.53. The number of hydrogen-bond acceptors (Lipinski definition) is 3. The first-order valence-corrected chi connectivity index (χ1v) is 6.73. The first kappa shape index (κ1) is 13.0. The highest BCUT2D eigenvalue weighted by Gasteiger charge is 2.32. The number of likely N-dealkylation sites (N-methyl/N-ethyl adjacent to an activating group) is 1. The molecule has 2 aromatic rings. The summed E-state index contributed by atoms with van der Waals surface area (Å²) in [7, 11) is 1.79. The average molecular weight is 292 g/mol. The van der Waals surface area contributed by atoms with Crippen LogP contribution in [0.2, 0.25) is 5.02 Å². The Morgan fingerprint density at radius 3 is 2.95 bits per heavy atom. The molecule has 1 atom stereocenters. The average Bonchev–Trinajstić information content (AvgIpc) is 3.01. The minimum absolute atomic E-state index is 0.00795. The smallest absolute Gasteiger partial charge is 0.245 e. The highest BCUT2D eigenvalue weighted by atomic mass is 35.5. The van der Waals surface area contributed by atoms with Crippen LogP contribution in [-0.2, 0) is 4.79 Å². The number of aromatic nitrogens is 2. The van der Waals surface area contributed by atoms with Crippen molar-refractivity contribution in [3.63, 3.8) is 0 Å². The number of aromatic hydroxyl groups is 1. The van der Waals surface area contributed by atoms with Crippen LogP contribution < -0.4 is 0 Å². The fraction of sp³-hybridized carbons (Fsp3) is 0.286. The Balaban J connectivity index is 2.07. The lowest BCUT2D eigenvalue weighted by molar-refractivity contribution is -0.129. The van der Waals surface area contributed by atoms with Crippen LogP contribution in [0.15, 0.2) is 30.6 Å². The number of benzene rings is 1. The molecule has 1 amide bonds. The number of hydrogen-bond donors (Lipinski definition) is 1. The first-order valence-electron chi connectivity index (χ1n) is 6.35. The fourth-order valence-corrected chi connectivity index (χ4v) is 2.74. The quantitative estimate of drug-likeness (QED) is 0.924. The Hall–Kier alpha value is -2.01. The lowest BCUT2D eigenvalue weighted by atomic mass is 10.1. The lowest BCUT2D eigenvalue weighted by Crippen LogP contribution is -2.24. The Bertz CT molecular complexity index is 668. The molecule has 1 saturated heterocycles. The number of carbonyl (C=O) groups excluding carboxylic acids is 1. The second-order valence-electron chi connectivity index (χ2n) is 4.86. The molecule has 0 spiro atoms.